The second kappa shape index (κ2) is 5.82. The molecule has 3 nitrogen and oxygen atoms in total. The van der Waals surface area contributed by atoms with Gasteiger partial charge in [0.15, 0.2) is 3.92 Å². The Balaban J connectivity index is 2.26. The van der Waals surface area contributed by atoms with Gasteiger partial charge in [-0.25, -0.2) is 0 Å². The first-order valence-electron chi connectivity index (χ1n) is 3.94. The summed E-state index contributed by atoms with van der Waals surface area (Å²) < 4.78 is 0.826. The fourth-order valence-corrected chi connectivity index (χ4v) is 2.59. The lowest BCUT2D eigenvalue weighted by molar-refractivity contribution is 0.700. The highest BCUT2D eigenvalue weighted by Gasteiger charge is 2.03. The van der Waals surface area contributed by atoms with Gasteiger partial charge in [-0.2, -0.15) is 11.8 Å². The number of aromatic nitrogens is 2. The Labute approximate surface area is 94.8 Å². The van der Waals surface area contributed by atoms with Crippen LogP contribution < -0.4 is 5.32 Å². The molecule has 0 saturated heterocycles. The molecule has 1 atom stereocenters. The molecule has 1 heterocycles. The monoisotopic (exact) mass is 281 g/mol. The topological polar surface area (TPSA) is 37.8 Å². The van der Waals surface area contributed by atoms with Crippen LogP contribution in [0, 0.1) is 5.92 Å². The Bertz CT molecular complexity index is 254. The summed E-state index contributed by atoms with van der Waals surface area (Å²) in [5.41, 5.74) is 0. The van der Waals surface area contributed by atoms with E-state index in [4.69, 9.17) is 0 Å². The fourth-order valence-electron chi connectivity index (χ4n) is 0.882. The highest BCUT2D eigenvalue weighted by Crippen LogP contribution is 2.20. The Morgan fingerprint density at radius 2 is 2.38 bits per heavy atom. The van der Waals surface area contributed by atoms with Crippen molar-refractivity contribution in [3.8, 4) is 0 Å². The van der Waals surface area contributed by atoms with E-state index in [0.717, 1.165) is 15.6 Å². The summed E-state index contributed by atoms with van der Waals surface area (Å²) in [6, 6.07) is 0. The number of hydrogen-bond acceptors (Lipinski definition) is 5. The van der Waals surface area contributed by atoms with Crippen molar-refractivity contribution in [2.24, 2.45) is 5.92 Å². The molecule has 0 aliphatic carbocycles. The van der Waals surface area contributed by atoms with Crippen LogP contribution in [-0.2, 0) is 0 Å². The summed E-state index contributed by atoms with van der Waals surface area (Å²) in [6.45, 7) is 3.18. The lowest BCUT2D eigenvalue weighted by Crippen LogP contribution is -2.12. The van der Waals surface area contributed by atoms with E-state index < -0.39 is 0 Å². The van der Waals surface area contributed by atoms with Crippen molar-refractivity contribution in [3.05, 3.63) is 3.92 Å². The molecule has 0 amide bonds. The highest BCUT2D eigenvalue weighted by atomic mass is 79.9. The van der Waals surface area contributed by atoms with Crippen LogP contribution in [0.15, 0.2) is 3.92 Å². The van der Waals surface area contributed by atoms with Crippen LogP contribution in [0.25, 0.3) is 0 Å². The van der Waals surface area contributed by atoms with E-state index in [1.165, 1.54) is 17.1 Å². The van der Waals surface area contributed by atoms with Crippen molar-refractivity contribution in [1.29, 1.82) is 0 Å². The van der Waals surface area contributed by atoms with Crippen molar-refractivity contribution in [3.63, 3.8) is 0 Å². The van der Waals surface area contributed by atoms with Crippen LogP contribution in [0.2, 0.25) is 0 Å². The molecular weight excluding hydrogens is 270 g/mol. The summed E-state index contributed by atoms with van der Waals surface area (Å²) in [6.07, 6.45) is 2.12. The predicted octanol–water partition coefficient (Wildman–Crippen LogP) is 2.71. The van der Waals surface area contributed by atoms with Crippen LogP contribution >= 0.6 is 39.0 Å². The average molecular weight is 282 g/mol. The first-order valence-corrected chi connectivity index (χ1v) is 6.94. The van der Waals surface area contributed by atoms with Gasteiger partial charge in [0.25, 0.3) is 0 Å². The van der Waals surface area contributed by atoms with Crippen molar-refractivity contribution in [2.45, 2.75) is 6.92 Å². The number of thioether (sulfide) groups is 1. The van der Waals surface area contributed by atoms with Gasteiger partial charge in [-0.15, -0.1) is 10.2 Å². The molecule has 13 heavy (non-hydrogen) atoms. The average Bonchev–Trinajstić information content (AvgIpc) is 2.49. The van der Waals surface area contributed by atoms with Crippen molar-refractivity contribution in [2.75, 3.05) is 23.9 Å². The molecule has 1 rings (SSSR count). The van der Waals surface area contributed by atoms with Crippen LogP contribution in [0.3, 0.4) is 0 Å². The zero-order valence-electron chi connectivity index (χ0n) is 7.58. The third-order valence-electron chi connectivity index (χ3n) is 1.45. The largest absolute Gasteiger partial charge is 0.360 e. The Kier molecular flexibility index (Phi) is 5.05. The SMILES string of the molecule is CSCC(C)CNc1nnc(Br)s1. The summed E-state index contributed by atoms with van der Waals surface area (Å²) in [7, 11) is 0. The van der Waals surface area contributed by atoms with Crippen LogP contribution in [0.4, 0.5) is 5.13 Å². The minimum absolute atomic E-state index is 0.665. The molecular formula is C7H12BrN3S2. The molecule has 1 aromatic rings. The van der Waals surface area contributed by atoms with Gasteiger partial charge in [0.05, 0.1) is 0 Å². The van der Waals surface area contributed by atoms with Crippen LogP contribution in [-0.4, -0.2) is 28.8 Å². The van der Waals surface area contributed by atoms with E-state index in [0.29, 0.717) is 5.92 Å². The molecule has 1 aromatic heterocycles. The van der Waals surface area contributed by atoms with Crippen molar-refractivity contribution < 1.29 is 0 Å². The van der Waals surface area contributed by atoms with Gasteiger partial charge in [0.2, 0.25) is 5.13 Å². The third kappa shape index (κ3) is 4.28. The molecule has 74 valence electrons. The number of nitrogens with zero attached hydrogens (tertiary/aromatic N) is 2. The molecule has 0 spiro atoms. The molecule has 1 unspecified atom stereocenters. The van der Waals surface area contributed by atoms with E-state index in [1.54, 1.807) is 0 Å². The molecule has 6 heteroatoms. The standard InChI is InChI=1S/C7H12BrN3S2/c1-5(4-12-2)3-9-7-11-10-6(8)13-7/h5H,3-4H2,1-2H3,(H,9,11). The fraction of sp³-hybridized carbons (Fsp3) is 0.714. The van der Waals surface area contributed by atoms with Gasteiger partial charge in [0.1, 0.15) is 0 Å². The number of hydrogen-bond donors (Lipinski definition) is 1. The van der Waals surface area contributed by atoms with E-state index >= 15 is 0 Å². The van der Waals surface area contributed by atoms with E-state index in [1.807, 2.05) is 11.8 Å². The number of anilines is 1. The van der Waals surface area contributed by atoms with Gasteiger partial charge in [0, 0.05) is 6.54 Å². The lowest BCUT2D eigenvalue weighted by Gasteiger charge is -2.08. The maximum Gasteiger partial charge on any atom is 0.206 e. The number of nitrogens with one attached hydrogen (secondary N) is 1. The summed E-state index contributed by atoms with van der Waals surface area (Å²) >= 11 is 6.66. The van der Waals surface area contributed by atoms with Gasteiger partial charge in [-0.1, -0.05) is 18.3 Å². The second-order valence-electron chi connectivity index (χ2n) is 2.80. The lowest BCUT2D eigenvalue weighted by atomic mass is 10.2. The highest BCUT2D eigenvalue weighted by molar-refractivity contribution is 9.11. The van der Waals surface area contributed by atoms with Crippen LogP contribution in [0.5, 0.6) is 0 Å². The number of halogens is 1. The summed E-state index contributed by atoms with van der Waals surface area (Å²) in [4.78, 5) is 0. The molecule has 0 radical (unpaired) electrons. The van der Waals surface area contributed by atoms with Crippen molar-refractivity contribution in [1.82, 2.24) is 10.2 Å². The smallest absolute Gasteiger partial charge is 0.206 e. The normalized spacial score (nSPS) is 12.8. The molecule has 0 saturated carbocycles. The molecule has 0 aromatic carbocycles. The van der Waals surface area contributed by atoms with Gasteiger partial charge < -0.3 is 5.32 Å². The quantitative estimate of drug-likeness (QED) is 0.901. The first-order chi connectivity index (χ1) is 6.22. The van der Waals surface area contributed by atoms with E-state index in [2.05, 4.69) is 44.6 Å². The maximum atomic E-state index is 3.95. The zero-order chi connectivity index (χ0) is 9.68. The minimum Gasteiger partial charge on any atom is -0.360 e. The molecule has 0 fully saturated rings. The summed E-state index contributed by atoms with van der Waals surface area (Å²) in [5, 5.41) is 11.9. The minimum atomic E-state index is 0.665. The van der Waals surface area contributed by atoms with Gasteiger partial charge >= 0.3 is 0 Å². The van der Waals surface area contributed by atoms with Gasteiger partial charge in [-0.05, 0) is 33.9 Å². The molecule has 0 bridgehead atoms. The van der Waals surface area contributed by atoms with Gasteiger partial charge in [-0.3, -0.25) is 0 Å². The third-order valence-corrected chi connectivity index (χ3v) is 3.67. The second-order valence-corrected chi connectivity index (χ2v) is 5.97. The molecule has 0 aliphatic rings. The van der Waals surface area contributed by atoms with Crippen molar-refractivity contribution >= 4 is 44.2 Å². The van der Waals surface area contributed by atoms with Crippen LogP contribution in [0.1, 0.15) is 6.92 Å². The summed E-state index contributed by atoms with van der Waals surface area (Å²) in [5.74, 6) is 1.84. The molecule has 0 aliphatic heterocycles. The predicted molar refractivity (Wildman–Crippen MR) is 63.6 cm³/mol. The zero-order valence-corrected chi connectivity index (χ0v) is 10.8. The first kappa shape index (κ1) is 11.3. The maximum absolute atomic E-state index is 3.95. The molecule has 1 N–H and O–H groups in total. The number of rotatable bonds is 5. The Morgan fingerprint density at radius 1 is 1.62 bits per heavy atom. The Hall–Kier alpha value is 0.190. The van der Waals surface area contributed by atoms with E-state index in [-0.39, 0.29) is 0 Å². The van der Waals surface area contributed by atoms with E-state index in [9.17, 15) is 0 Å². The Morgan fingerprint density at radius 3 is 2.92 bits per heavy atom.